The van der Waals surface area contributed by atoms with Gasteiger partial charge in [0.15, 0.2) is 0 Å². The summed E-state index contributed by atoms with van der Waals surface area (Å²) in [4.78, 5) is 17.3. The lowest BCUT2D eigenvalue weighted by molar-refractivity contribution is 0.0741. The Morgan fingerprint density at radius 2 is 2.28 bits per heavy atom. The molecule has 100 valence electrons. The third-order valence-corrected chi connectivity index (χ3v) is 3.77. The molecule has 0 aromatic carbocycles. The average molecular weight is 270 g/mol. The highest BCUT2D eigenvalue weighted by Crippen LogP contribution is 2.11. The summed E-state index contributed by atoms with van der Waals surface area (Å²) < 4.78 is 12.7. The highest BCUT2D eigenvalue weighted by atomic mass is 32.2. The highest BCUT2D eigenvalue weighted by Gasteiger charge is 2.17. The van der Waals surface area contributed by atoms with Crippen LogP contribution in [0.4, 0.5) is 4.39 Å². The van der Waals surface area contributed by atoms with Crippen LogP contribution in [0.3, 0.4) is 0 Å². The summed E-state index contributed by atoms with van der Waals surface area (Å²) in [5.74, 6) is 1.45. The first-order valence-corrected chi connectivity index (χ1v) is 7.18. The van der Waals surface area contributed by atoms with E-state index in [0.29, 0.717) is 5.56 Å². The van der Waals surface area contributed by atoms with Gasteiger partial charge in [0.1, 0.15) is 0 Å². The number of hydrogen-bond donors (Lipinski definition) is 0. The maximum Gasteiger partial charge on any atom is 0.255 e. The Kier molecular flexibility index (Phi) is 6.12. The number of pyridine rings is 1. The summed E-state index contributed by atoms with van der Waals surface area (Å²) in [6.45, 7) is 4.14. The fourth-order valence-electron chi connectivity index (χ4n) is 1.50. The van der Waals surface area contributed by atoms with E-state index in [0.717, 1.165) is 17.9 Å². The summed E-state index contributed by atoms with van der Waals surface area (Å²) in [6, 6.07) is 2.84. The zero-order valence-corrected chi connectivity index (χ0v) is 11.8. The van der Waals surface area contributed by atoms with Gasteiger partial charge in [0.2, 0.25) is 5.95 Å². The standard InChI is InChI=1S/C13H19FN2OS/c1-4-18-8-7-10(2)16(3)13(17)11-5-6-12(14)15-9-11/h5-6,9-10H,4,7-8H2,1-3H3/t10-/m1/s1. The Bertz CT molecular complexity index is 383. The van der Waals surface area contributed by atoms with Crippen LogP contribution in [0.2, 0.25) is 0 Å². The Morgan fingerprint density at radius 1 is 1.56 bits per heavy atom. The van der Waals surface area contributed by atoms with Crippen molar-refractivity contribution in [2.24, 2.45) is 0 Å². The number of halogens is 1. The molecule has 5 heteroatoms. The smallest absolute Gasteiger partial charge is 0.255 e. The SMILES string of the molecule is CCSCC[C@@H](C)N(C)C(=O)c1ccc(F)nc1. The molecule has 0 unspecified atom stereocenters. The molecule has 1 atom stereocenters. The summed E-state index contributed by atoms with van der Waals surface area (Å²) in [5, 5.41) is 0. The number of amides is 1. The van der Waals surface area contributed by atoms with Gasteiger partial charge in [0.25, 0.3) is 5.91 Å². The number of nitrogens with zero attached hydrogens (tertiary/aromatic N) is 2. The van der Waals surface area contributed by atoms with Gasteiger partial charge in [-0.2, -0.15) is 16.2 Å². The van der Waals surface area contributed by atoms with Crippen molar-refractivity contribution in [1.29, 1.82) is 0 Å². The van der Waals surface area contributed by atoms with Gasteiger partial charge in [-0.05, 0) is 37.0 Å². The van der Waals surface area contributed by atoms with Gasteiger partial charge in [-0.25, -0.2) is 4.98 Å². The quantitative estimate of drug-likeness (QED) is 0.588. The lowest BCUT2D eigenvalue weighted by Crippen LogP contribution is -2.35. The van der Waals surface area contributed by atoms with E-state index in [-0.39, 0.29) is 11.9 Å². The van der Waals surface area contributed by atoms with Gasteiger partial charge in [-0.1, -0.05) is 6.92 Å². The van der Waals surface area contributed by atoms with E-state index < -0.39 is 5.95 Å². The number of carbonyl (C=O) groups excluding carboxylic acids is 1. The summed E-state index contributed by atoms with van der Waals surface area (Å²) in [6.07, 6.45) is 2.23. The topological polar surface area (TPSA) is 33.2 Å². The maximum atomic E-state index is 12.7. The van der Waals surface area contributed by atoms with Crippen molar-refractivity contribution < 1.29 is 9.18 Å². The van der Waals surface area contributed by atoms with Crippen molar-refractivity contribution >= 4 is 17.7 Å². The van der Waals surface area contributed by atoms with Crippen LogP contribution < -0.4 is 0 Å². The first kappa shape index (κ1) is 15.0. The van der Waals surface area contributed by atoms with E-state index in [9.17, 15) is 9.18 Å². The van der Waals surface area contributed by atoms with Crippen molar-refractivity contribution in [3.8, 4) is 0 Å². The first-order valence-electron chi connectivity index (χ1n) is 6.02. The molecule has 1 aromatic rings. The fraction of sp³-hybridized carbons (Fsp3) is 0.538. The normalized spacial score (nSPS) is 12.2. The molecular formula is C13H19FN2OS. The highest BCUT2D eigenvalue weighted by molar-refractivity contribution is 7.99. The summed E-state index contributed by atoms with van der Waals surface area (Å²) >= 11 is 1.86. The molecule has 0 saturated heterocycles. The third-order valence-electron chi connectivity index (χ3n) is 2.84. The van der Waals surface area contributed by atoms with E-state index in [1.54, 1.807) is 11.9 Å². The second-order valence-corrected chi connectivity index (χ2v) is 5.51. The number of thioether (sulfide) groups is 1. The van der Waals surface area contributed by atoms with Gasteiger partial charge in [0, 0.05) is 19.3 Å². The van der Waals surface area contributed by atoms with Crippen molar-refractivity contribution in [2.45, 2.75) is 26.3 Å². The Labute approximate surface area is 112 Å². The molecule has 0 aliphatic rings. The van der Waals surface area contributed by atoms with Gasteiger partial charge in [-0.15, -0.1) is 0 Å². The Morgan fingerprint density at radius 3 is 2.83 bits per heavy atom. The molecule has 1 rings (SSSR count). The predicted octanol–water partition coefficient (Wildman–Crippen LogP) is 2.82. The van der Waals surface area contributed by atoms with Crippen LogP contribution >= 0.6 is 11.8 Å². The molecule has 0 spiro atoms. The van der Waals surface area contributed by atoms with Gasteiger partial charge < -0.3 is 4.90 Å². The van der Waals surface area contributed by atoms with Crippen LogP contribution in [0.1, 0.15) is 30.6 Å². The van der Waals surface area contributed by atoms with Crippen molar-refractivity contribution in [1.82, 2.24) is 9.88 Å². The maximum absolute atomic E-state index is 12.7. The monoisotopic (exact) mass is 270 g/mol. The largest absolute Gasteiger partial charge is 0.339 e. The van der Waals surface area contributed by atoms with E-state index in [2.05, 4.69) is 11.9 Å². The van der Waals surface area contributed by atoms with Crippen LogP contribution in [-0.2, 0) is 0 Å². The van der Waals surface area contributed by atoms with Crippen LogP contribution in [0, 0.1) is 5.95 Å². The Balaban J connectivity index is 2.57. The molecule has 1 amide bonds. The molecule has 0 N–H and O–H groups in total. The van der Waals surface area contributed by atoms with Crippen LogP contribution in [0.25, 0.3) is 0 Å². The van der Waals surface area contributed by atoms with E-state index in [4.69, 9.17) is 0 Å². The fourth-order valence-corrected chi connectivity index (χ4v) is 2.29. The average Bonchev–Trinajstić information content (AvgIpc) is 2.38. The van der Waals surface area contributed by atoms with Crippen molar-refractivity contribution in [3.05, 3.63) is 29.8 Å². The van der Waals surface area contributed by atoms with E-state index in [1.807, 2.05) is 18.7 Å². The Hall–Kier alpha value is -1.10. The predicted molar refractivity (Wildman–Crippen MR) is 73.4 cm³/mol. The van der Waals surface area contributed by atoms with Crippen molar-refractivity contribution in [3.63, 3.8) is 0 Å². The van der Waals surface area contributed by atoms with E-state index in [1.165, 1.54) is 18.3 Å². The number of carbonyl (C=O) groups is 1. The third kappa shape index (κ3) is 4.29. The van der Waals surface area contributed by atoms with Gasteiger partial charge >= 0.3 is 0 Å². The lowest BCUT2D eigenvalue weighted by Gasteiger charge is -2.24. The molecule has 1 aromatic heterocycles. The van der Waals surface area contributed by atoms with E-state index >= 15 is 0 Å². The molecule has 3 nitrogen and oxygen atoms in total. The molecule has 0 radical (unpaired) electrons. The minimum Gasteiger partial charge on any atom is -0.339 e. The molecular weight excluding hydrogens is 251 g/mol. The molecule has 0 saturated carbocycles. The lowest BCUT2D eigenvalue weighted by atomic mass is 10.2. The van der Waals surface area contributed by atoms with Crippen molar-refractivity contribution in [2.75, 3.05) is 18.6 Å². The number of rotatable bonds is 6. The zero-order valence-electron chi connectivity index (χ0n) is 11.0. The minimum atomic E-state index is -0.568. The minimum absolute atomic E-state index is 0.114. The second kappa shape index (κ2) is 7.36. The van der Waals surface area contributed by atoms with Crippen LogP contribution in [0.15, 0.2) is 18.3 Å². The number of aromatic nitrogens is 1. The molecule has 0 aliphatic carbocycles. The molecule has 1 heterocycles. The summed E-state index contributed by atoms with van der Waals surface area (Å²) in [5.41, 5.74) is 0.425. The molecule has 0 aliphatic heterocycles. The second-order valence-electron chi connectivity index (χ2n) is 4.12. The van der Waals surface area contributed by atoms with Gasteiger partial charge in [-0.3, -0.25) is 4.79 Å². The summed E-state index contributed by atoms with van der Waals surface area (Å²) in [7, 11) is 1.77. The van der Waals surface area contributed by atoms with Crippen LogP contribution in [0.5, 0.6) is 0 Å². The molecule has 0 bridgehead atoms. The van der Waals surface area contributed by atoms with Crippen LogP contribution in [-0.4, -0.2) is 40.4 Å². The molecule has 18 heavy (non-hydrogen) atoms. The van der Waals surface area contributed by atoms with Gasteiger partial charge in [0.05, 0.1) is 5.56 Å². The first-order chi connectivity index (χ1) is 8.56. The number of hydrogen-bond acceptors (Lipinski definition) is 3. The zero-order chi connectivity index (χ0) is 13.5. The molecule has 0 fully saturated rings.